The van der Waals surface area contributed by atoms with Crippen molar-refractivity contribution < 1.29 is 65.5 Å². The zero-order valence-corrected chi connectivity index (χ0v) is 16.6. The smallest absolute Gasteiger partial charge is 0.422 e. The van der Waals surface area contributed by atoms with Gasteiger partial charge in [0.05, 0.1) is 13.2 Å². The lowest BCUT2D eigenvalue weighted by molar-refractivity contribution is -0.207. The normalized spacial score (nSPS) is 30.2. The summed E-state index contributed by atoms with van der Waals surface area (Å²) in [6, 6.07) is 0. The van der Waals surface area contributed by atoms with E-state index in [4.69, 9.17) is 28.4 Å². The highest BCUT2D eigenvalue weighted by Crippen LogP contribution is 2.42. The van der Waals surface area contributed by atoms with Crippen LogP contribution >= 0.6 is 0 Å². The third-order valence-corrected chi connectivity index (χ3v) is 4.85. The Bertz CT molecular complexity index is 790. The van der Waals surface area contributed by atoms with Crippen LogP contribution in [-0.2, 0) is 52.3 Å². The molecule has 0 N–H and O–H groups in total. The maximum Gasteiger partial charge on any atom is 0.422 e. The zero-order chi connectivity index (χ0) is 23.6. The van der Waals surface area contributed by atoms with E-state index >= 15 is 0 Å². The van der Waals surface area contributed by atoms with Gasteiger partial charge in [0.25, 0.3) is 0 Å². The minimum Gasteiger partial charge on any atom is -0.460 e. The first-order valence-corrected chi connectivity index (χ1v) is 9.33. The van der Waals surface area contributed by atoms with Crippen LogP contribution in [0.5, 0.6) is 0 Å². The Hall–Kier alpha value is -2.71. The summed E-state index contributed by atoms with van der Waals surface area (Å²) >= 11 is 0. The van der Waals surface area contributed by atoms with E-state index in [2.05, 4.69) is 11.3 Å². The molecule has 5 atom stereocenters. The van der Waals surface area contributed by atoms with Crippen molar-refractivity contribution in [3.63, 3.8) is 0 Å². The highest BCUT2D eigenvalue weighted by Gasteiger charge is 2.61. The first-order valence-electron chi connectivity index (χ1n) is 9.33. The fraction of sp³-hybridized carbons (Fsp3) is 0.667. The van der Waals surface area contributed by atoms with Gasteiger partial charge in [0, 0.05) is 0 Å². The van der Waals surface area contributed by atoms with Crippen LogP contribution in [0, 0.1) is 11.8 Å². The number of hydrogen-bond acceptors (Lipinski definition) is 11. The van der Waals surface area contributed by atoms with Crippen LogP contribution in [0.15, 0.2) is 12.2 Å². The molecule has 0 bridgehead atoms. The first kappa shape index (κ1) is 23.9. The summed E-state index contributed by atoms with van der Waals surface area (Å²) in [5.74, 6) is -7.49. The molecule has 0 aliphatic carbocycles. The maximum absolute atomic E-state index is 12.7. The van der Waals surface area contributed by atoms with Crippen molar-refractivity contribution in [2.45, 2.75) is 37.7 Å². The van der Waals surface area contributed by atoms with E-state index in [1.807, 2.05) is 0 Å². The molecule has 0 radical (unpaired) electrons. The number of rotatable bonds is 6. The van der Waals surface area contributed by atoms with Gasteiger partial charge in [0.1, 0.15) is 42.5 Å². The van der Waals surface area contributed by atoms with Gasteiger partial charge in [-0.3, -0.25) is 9.59 Å². The van der Waals surface area contributed by atoms with Crippen LogP contribution in [0.2, 0.25) is 0 Å². The van der Waals surface area contributed by atoms with Crippen LogP contribution in [0.25, 0.3) is 0 Å². The third kappa shape index (κ3) is 5.19. The van der Waals surface area contributed by atoms with Crippen LogP contribution in [-0.4, -0.2) is 81.3 Å². The number of cyclic esters (lactones) is 1. The predicted octanol–water partition coefficient (Wildman–Crippen LogP) is 0.01000. The average molecular weight is 468 g/mol. The molecule has 14 heteroatoms. The molecule has 0 amide bonds. The second kappa shape index (κ2) is 9.42. The second-order valence-corrected chi connectivity index (χ2v) is 7.12. The van der Waals surface area contributed by atoms with Crippen molar-refractivity contribution in [3.8, 4) is 0 Å². The lowest BCUT2D eigenvalue weighted by Crippen LogP contribution is -2.41. The van der Waals surface area contributed by atoms with Crippen LogP contribution in [0.3, 0.4) is 0 Å². The number of hydrogen-bond donors (Lipinski definition) is 0. The molecule has 11 nitrogen and oxygen atoms in total. The van der Waals surface area contributed by atoms with Crippen LogP contribution in [0.1, 0.15) is 6.92 Å². The summed E-state index contributed by atoms with van der Waals surface area (Å²) < 4.78 is 72.3. The molecule has 32 heavy (non-hydrogen) atoms. The van der Waals surface area contributed by atoms with E-state index in [9.17, 15) is 32.3 Å². The fourth-order valence-corrected chi connectivity index (χ4v) is 3.34. The number of ether oxygens (including phenoxy) is 7. The number of esters is 4. The highest BCUT2D eigenvalue weighted by molar-refractivity contribution is 5.90. The summed E-state index contributed by atoms with van der Waals surface area (Å²) in [6.45, 7) is 2.93. The molecule has 178 valence electrons. The van der Waals surface area contributed by atoms with E-state index in [0.29, 0.717) is 0 Å². The van der Waals surface area contributed by atoms with E-state index in [-0.39, 0.29) is 20.0 Å². The molecule has 0 aromatic rings. The van der Waals surface area contributed by atoms with E-state index < -0.39 is 78.7 Å². The standard InChI is InChI=1S/C18H19F3O11/c1-7(18(19,20)21)14(23)28-5-10(22)31-17-12(11-13(32-17)8(2)29-15(11)24)16(25)30-9-3-26-6-27-4-9/h8-9,11-13,17H,1,3-6H2,2H3. The Labute approximate surface area is 178 Å². The minimum atomic E-state index is -5.04. The van der Waals surface area contributed by atoms with Gasteiger partial charge in [-0.25, -0.2) is 9.59 Å². The van der Waals surface area contributed by atoms with Gasteiger partial charge in [-0.1, -0.05) is 6.58 Å². The minimum absolute atomic E-state index is 0.0227. The van der Waals surface area contributed by atoms with Gasteiger partial charge in [0.15, 0.2) is 6.61 Å². The predicted molar refractivity (Wildman–Crippen MR) is 90.1 cm³/mol. The van der Waals surface area contributed by atoms with Crippen molar-refractivity contribution >= 4 is 23.9 Å². The average Bonchev–Trinajstić information content (AvgIpc) is 3.22. The molecule has 3 rings (SSSR count). The molecular formula is C18H19F3O11. The number of carbonyl (C=O) groups is 4. The number of carbonyl (C=O) groups excluding carboxylic acids is 4. The molecule has 3 heterocycles. The summed E-state index contributed by atoms with van der Waals surface area (Å²) in [4.78, 5) is 48.3. The lowest BCUT2D eigenvalue weighted by atomic mass is 9.90. The molecule has 0 aromatic carbocycles. The van der Waals surface area contributed by atoms with Gasteiger partial charge in [-0.05, 0) is 6.92 Å². The number of halogens is 3. The molecule has 3 fully saturated rings. The topological polar surface area (TPSA) is 133 Å². The van der Waals surface area contributed by atoms with Crippen molar-refractivity contribution in [2.75, 3.05) is 26.6 Å². The van der Waals surface area contributed by atoms with Crippen molar-refractivity contribution in [1.82, 2.24) is 0 Å². The Morgan fingerprint density at radius 3 is 2.44 bits per heavy atom. The second-order valence-electron chi connectivity index (χ2n) is 7.12. The molecule has 0 saturated carbocycles. The first-order chi connectivity index (χ1) is 15.0. The molecule has 0 spiro atoms. The van der Waals surface area contributed by atoms with Crippen molar-refractivity contribution in [3.05, 3.63) is 12.2 Å². The SMILES string of the molecule is C=C(C(=O)OCC(=O)OC1OC2C(C)OC(=O)C2C1C(=O)OC1COCOC1)C(F)(F)F. The van der Waals surface area contributed by atoms with Gasteiger partial charge in [0.2, 0.25) is 6.29 Å². The fourth-order valence-electron chi connectivity index (χ4n) is 3.34. The Balaban J connectivity index is 1.64. The summed E-state index contributed by atoms with van der Waals surface area (Å²) in [5.41, 5.74) is -1.81. The summed E-state index contributed by atoms with van der Waals surface area (Å²) in [6.07, 6.45) is -9.15. The van der Waals surface area contributed by atoms with E-state index in [1.165, 1.54) is 6.92 Å². The largest absolute Gasteiger partial charge is 0.460 e. The Morgan fingerprint density at radius 2 is 1.81 bits per heavy atom. The molecule has 5 unspecified atom stereocenters. The van der Waals surface area contributed by atoms with E-state index in [0.717, 1.165) is 0 Å². The zero-order valence-electron chi connectivity index (χ0n) is 16.6. The molecular weight excluding hydrogens is 449 g/mol. The van der Waals surface area contributed by atoms with Gasteiger partial charge in [-0.15, -0.1) is 0 Å². The Kier molecular flexibility index (Phi) is 7.05. The molecule has 3 saturated heterocycles. The van der Waals surface area contributed by atoms with Crippen molar-refractivity contribution in [1.29, 1.82) is 0 Å². The molecule has 3 aliphatic heterocycles. The van der Waals surface area contributed by atoms with Gasteiger partial charge in [-0.2, -0.15) is 13.2 Å². The third-order valence-electron chi connectivity index (χ3n) is 4.85. The monoisotopic (exact) mass is 468 g/mol. The lowest BCUT2D eigenvalue weighted by Gasteiger charge is -2.26. The van der Waals surface area contributed by atoms with Crippen LogP contribution in [0.4, 0.5) is 13.2 Å². The summed E-state index contributed by atoms with van der Waals surface area (Å²) in [5, 5.41) is 0. The van der Waals surface area contributed by atoms with Gasteiger partial charge < -0.3 is 33.2 Å². The van der Waals surface area contributed by atoms with Crippen LogP contribution < -0.4 is 0 Å². The highest BCUT2D eigenvalue weighted by atomic mass is 19.4. The number of fused-ring (bicyclic) bond motifs is 1. The quantitative estimate of drug-likeness (QED) is 0.297. The van der Waals surface area contributed by atoms with Crippen molar-refractivity contribution in [2.24, 2.45) is 11.8 Å². The maximum atomic E-state index is 12.7. The summed E-state index contributed by atoms with van der Waals surface area (Å²) in [7, 11) is 0. The molecule has 3 aliphatic rings. The van der Waals surface area contributed by atoms with E-state index in [1.54, 1.807) is 0 Å². The molecule has 0 aromatic heterocycles. The number of alkyl halides is 3. The Morgan fingerprint density at radius 1 is 1.16 bits per heavy atom. The van der Waals surface area contributed by atoms with Gasteiger partial charge >= 0.3 is 30.1 Å².